The lowest BCUT2D eigenvalue weighted by Gasteiger charge is -2.21. The van der Waals surface area contributed by atoms with Crippen LogP contribution >= 0.6 is 11.6 Å². The van der Waals surface area contributed by atoms with E-state index >= 15 is 0 Å². The lowest BCUT2D eigenvalue weighted by molar-refractivity contribution is -0.134. The third kappa shape index (κ3) is 5.61. The number of rotatable bonds is 6. The normalized spacial score (nSPS) is 20.9. The Kier molecular flexibility index (Phi) is 7.39. The molecule has 0 radical (unpaired) electrons. The zero-order chi connectivity index (χ0) is 19.1. The maximum Gasteiger partial charge on any atom is 0.225 e. The van der Waals surface area contributed by atoms with E-state index in [1.807, 2.05) is 23.1 Å². The van der Waals surface area contributed by atoms with Gasteiger partial charge in [-0.15, -0.1) is 0 Å². The van der Waals surface area contributed by atoms with E-state index in [-0.39, 0.29) is 12.0 Å². The van der Waals surface area contributed by atoms with Gasteiger partial charge in [-0.2, -0.15) is 0 Å². The van der Waals surface area contributed by atoms with Crippen molar-refractivity contribution in [3.05, 3.63) is 34.9 Å². The summed E-state index contributed by atoms with van der Waals surface area (Å²) in [6.45, 7) is 2.48. The van der Waals surface area contributed by atoms with Crippen LogP contribution in [-0.4, -0.2) is 49.5 Å². The fourth-order valence-corrected chi connectivity index (χ4v) is 4.31. The molecule has 2 N–H and O–H groups in total. The SMILES string of the molecule is CN=C(NCCCc1ccccc1Cl)NC1CCN(C(=O)C2CCCC2)C1. The standard InChI is InChI=1S/C21H31ClN4O/c1-23-21(24-13-6-10-16-7-4-5-11-19(16)22)25-18-12-14-26(15-18)20(27)17-8-2-3-9-17/h4-5,7,11,17-18H,2-3,6,8-10,12-15H2,1H3,(H2,23,24,25). The van der Waals surface area contributed by atoms with Crippen molar-refractivity contribution in [2.24, 2.45) is 10.9 Å². The summed E-state index contributed by atoms with van der Waals surface area (Å²) in [5, 5.41) is 7.68. The second-order valence-electron chi connectivity index (χ2n) is 7.59. The number of likely N-dealkylation sites (tertiary alicyclic amines) is 1. The molecule has 1 amide bonds. The van der Waals surface area contributed by atoms with Crippen molar-refractivity contribution in [3.63, 3.8) is 0 Å². The lowest BCUT2D eigenvalue weighted by atomic mass is 10.1. The third-order valence-electron chi connectivity index (χ3n) is 5.64. The summed E-state index contributed by atoms with van der Waals surface area (Å²) < 4.78 is 0. The molecule has 0 aromatic heterocycles. The Morgan fingerprint density at radius 3 is 2.78 bits per heavy atom. The molecule has 148 valence electrons. The molecule has 6 heteroatoms. The number of amides is 1. The van der Waals surface area contributed by atoms with Gasteiger partial charge >= 0.3 is 0 Å². The van der Waals surface area contributed by atoms with Crippen LogP contribution in [0.3, 0.4) is 0 Å². The summed E-state index contributed by atoms with van der Waals surface area (Å²) in [5.74, 6) is 1.44. The molecule has 0 bridgehead atoms. The zero-order valence-corrected chi connectivity index (χ0v) is 17.0. The topological polar surface area (TPSA) is 56.7 Å². The van der Waals surface area contributed by atoms with Gasteiger partial charge in [0, 0.05) is 43.7 Å². The van der Waals surface area contributed by atoms with Crippen molar-refractivity contribution in [1.82, 2.24) is 15.5 Å². The molecule has 1 unspecified atom stereocenters. The molecule has 2 fully saturated rings. The zero-order valence-electron chi connectivity index (χ0n) is 16.2. The van der Waals surface area contributed by atoms with Crippen molar-refractivity contribution in [2.75, 3.05) is 26.7 Å². The van der Waals surface area contributed by atoms with Crippen LogP contribution < -0.4 is 10.6 Å². The molecular formula is C21H31ClN4O. The van der Waals surface area contributed by atoms with Crippen LogP contribution in [0.25, 0.3) is 0 Å². The minimum Gasteiger partial charge on any atom is -0.356 e. The van der Waals surface area contributed by atoms with Crippen LogP contribution in [-0.2, 0) is 11.2 Å². The molecule has 1 aliphatic carbocycles. The summed E-state index contributed by atoms with van der Waals surface area (Å²) in [4.78, 5) is 18.9. The molecular weight excluding hydrogens is 360 g/mol. The molecule has 3 rings (SSSR count). The number of aliphatic imine (C=N–C) groups is 1. The average molecular weight is 391 g/mol. The number of hydrogen-bond donors (Lipinski definition) is 2. The lowest BCUT2D eigenvalue weighted by Crippen LogP contribution is -2.45. The van der Waals surface area contributed by atoms with E-state index in [0.29, 0.717) is 5.91 Å². The van der Waals surface area contributed by atoms with Crippen molar-refractivity contribution in [1.29, 1.82) is 0 Å². The number of hydrogen-bond acceptors (Lipinski definition) is 2. The third-order valence-corrected chi connectivity index (χ3v) is 6.01. The Bertz CT molecular complexity index is 657. The van der Waals surface area contributed by atoms with E-state index in [0.717, 1.165) is 62.7 Å². The van der Waals surface area contributed by atoms with Gasteiger partial charge in [-0.1, -0.05) is 42.6 Å². The van der Waals surface area contributed by atoms with E-state index in [4.69, 9.17) is 11.6 Å². The first-order chi connectivity index (χ1) is 13.2. The Balaban J connectivity index is 1.37. The van der Waals surface area contributed by atoms with E-state index in [2.05, 4.69) is 21.7 Å². The molecule has 1 aliphatic heterocycles. The largest absolute Gasteiger partial charge is 0.356 e. The number of nitrogens with zero attached hydrogens (tertiary/aromatic N) is 2. The summed E-state index contributed by atoms with van der Waals surface area (Å²) in [5.41, 5.74) is 1.18. The van der Waals surface area contributed by atoms with Crippen LogP contribution in [0.4, 0.5) is 0 Å². The van der Waals surface area contributed by atoms with Crippen LogP contribution in [0, 0.1) is 5.92 Å². The molecule has 1 saturated carbocycles. The highest BCUT2D eigenvalue weighted by molar-refractivity contribution is 6.31. The Morgan fingerprint density at radius 2 is 2.04 bits per heavy atom. The molecule has 27 heavy (non-hydrogen) atoms. The van der Waals surface area contributed by atoms with Crippen LogP contribution in [0.2, 0.25) is 5.02 Å². The summed E-state index contributed by atoms with van der Waals surface area (Å²) in [6.07, 6.45) is 7.47. The van der Waals surface area contributed by atoms with E-state index in [1.165, 1.54) is 18.4 Å². The van der Waals surface area contributed by atoms with Gasteiger partial charge < -0.3 is 15.5 Å². The van der Waals surface area contributed by atoms with Gasteiger partial charge in [0.15, 0.2) is 5.96 Å². The highest BCUT2D eigenvalue weighted by Crippen LogP contribution is 2.27. The summed E-state index contributed by atoms with van der Waals surface area (Å²) >= 11 is 6.20. The smallest absolute Gasteiger partial charge is 0.225 e. The molecule has 1 aromatic carbocycles. The molecule has 1 heterocycles. The van der Waals surface area contributed by atoms with Crippen LogP contribution in [0.1, 0.15) is 44.1 Å². The van der Waals surface area contributed by atoms with E-state index in [1.54, 1.807) is 7.05 Å². The van der Waals surface area contributed by atoms with Gasteiger partial charge in [0.2, 0.25) is 5.91 Å². The van der Waals surface area contributed by atoms with Crippen LogP contribution in [0.15, 0.2) is 29.3 Å². The summed E-state index contributed by atoms with van der Waals surface area (Å²) in [6, 6.07) is 8.27. The maximum atomic E-state index is 12.6. The number of carbonyl (C=O) groups excluding carboxylic acids is 1. The second-order valence-corrected chi connectivity index (χ2v) is 8.00. The summed E-state index contributed by atoms with van der Waals surface area (Å²) in [7, 11) is 1.79. The first-order valence-electron chi connectivity index (χ1n) is 10.2. The highest BCUT2D eigenvalue weighted by Gasteiger charge is 2.32. The number of carbonyl (C=O) groups is 1. The Hall–Kier alpha value is -1.75. The molecule has 1 atom stereocenters. The monoisotopic (exact) mass is 390 g/mol. The minimum atomic E-state index is 0.269. The quantitative estimate of drug-likeness (QED) is 0.445. The van der Waals surface area contributed by atoms with E-state index in [9.17, 15) is 4.79 Å². The molecule has 0 spiro atoms. The number of benzene rings is 1. The fourth-order valence-electron chi connectivity index (χ4n) is 4.08. The minimum absolute atomic E-state index is 0.269. The predicted molar refractivity (Wildman–Crippen MR) is 111 cm³/mol. The molecule has 1 aromatic rings. The fraction of sp³-hybridized carbons (Fsp3) is 0.619. The number of halogens is 1. The number of aryl methyl sites for hydroxylation is 1. The van der Waals surface area contributed by atoms with Gasteiger partial charge in [0.25, 0.3) is 0 Å². The van der Waals surface area contributed by atoms with Crippen LogP contribution in [0.5, 0.6) is 0 Å². The maximum absolute atomic E-state index is 12.6. The van der Waals surface area contributed by atoms with Gasteiger partial charge in [-0.3, -0.25) is 9.79 Å². The van der Waals surface area contributed by atoms with Crippen molar-refractivity contribution >= 4 is 23.5 Å². The number of nitrogens with one attached hydrogen (secondary N) is 2. The predicted octanol–water partition coefficient (Wildman–Crippen LogP) is 3.23. The van der Waals surface area contributed by atoms with Gasteiger partial charge in [0.1, 0.15) is 0 Å². The Morgan fingerprint density at radius 1 is 1.26 bits per heavy atom. The van der Waals surface area contributed by atoms with Gasteiger partial charge in [-0.25, -0.2) is 0 Å². The number of guanidine groups is 1. The first kappa shape index (κ1) is 20.0. The highest BCUT2D eigenvalue weighted by atomic mass is 35.5. The molecule has 1 saturated heterocycles. The molecule has 5 nitrogen and oxygen atoms in total. The van der Waals surface area contributed by atoms with Gasteiger partial charge in [0.05, 0.1) is 0 Å². The average Bonchev–Trinajstić information content (AvgIpc) is 3.37. The Labute approximate surface area is 167 Å². The van der Waals surface area contributed by atoms with Crippen molar-refractivity contribution < 1.29 is 4.79 Å². The van der Waals surface area contributed by atoms with Crippen molar-refractivity contribution in [2.45, 2.75) is 51.0 Å². The first-order valence-corrected chi connectivity index (χ1v) is 10.5. The van der Waals surface area contributed by atoms with Crippen molar-refractivity contribution in [3.8, 4) is 0 Å². The van der Waals surface area contributed by atoms with E-state index < -0.39 is 0 Å². The van der Waals surface area contributed by atoms with Gasteiger partial charge in [-0.05, 0) is 43.7 Å². The second kappa shape index (κ2) is 9.98. The molecule has 2 aliphatic rings.